The molecule has 0 aliphatic carbocycles. The molecule has 1 unspecified atom stereocenters. The van der Waals surface area contributed by atoms with Crippen molar-refractivity contribution in [1.29, 1.82) is 0 Å². The maximum Gasteiger partial charge on any atom is 0.0313 e. The Kier molecular flexibility index (Phi) is 5.66. The minimum absolute atomic E-state index is 0.518. The predicted molar refractivity (Wildman–Crippen MR) is 65.2 cm³/mol. The first-order valence-electron chi connectivity index (χ1n) is 5.42. The van der Waals surface area contributed by atoms with E-state index in [0.29, 0.717) is 6.04 Å². The van der Waals surface area contributed by atoms with Gasteiger partial charge in [-0.25, -0.2) is 0 Å². The molecule has 1 rings (SSSR count). The third-order valence-electron chi connectivity index (χ3n) is 2.36. The molecule has 0 radical (unpaired) electrons. The number of pyridine rings is 1. The van der Waals surface area contributed by atoms with Gasteiger partial charge in [-0.2, -0.15) is 0 Å². The Morgan fingerprint density at radius 3 is 2.93 bits per heavy atom. The van der Waals surface area contributed by atoms with Gasteiger partial charge in [0.15, 0.2) is 0 Å². The molecule has 0 saturated heterocycles. The Labute approximate surface area is 97.1 Å². The zero-order chi connectivity index (χ0) is 11.1. The van der Waals surface area contributed by atoms with Gasteiger partial charge in [0.1, 0.15) is 0 Å². The van der Waals surface area contributed by atoms with Gasteiger partial charge in [0.25, 0.3) is 0 Å². The Hall–Kier alpha value is -0.600. The molecule has 0 bridgehead atoms. The second-order valence-electron chi connectivity index (χ2n) is 3.98. The lowest BCUT2D eigenvalue weighted by molar-refractivity contribution is 0.509. The fourth-order valence-electron chi connectivity index (χ4n) is 1.49. The van der Waals surface area contributed by atoms with Crippen molar-refractivity contribution >= 4 is 11.6 Å². The van der Waals surface area contributed by atoms with Crippen LogP contribution in [0, 0.1) is 6.92 Å². The van der Waals surface area contributed by atoms with Gasteiger partial charge in [0, 0.05) is 30.9 Å². The SMILES string of the molecule is Cc1cncc(CNC(C)CCCCl)c1. The Bertz CT molecular complexity index is 289. The molecule has 0 aromatic carbocycles. The van der Waals surface area contributed by atoms with E-state index in [0.717, 1.165) is 25.3 Å². The van der Waals surface area contributed by atoms with E-state index in [1.807, 2.05) is 12.4 Å². The van der Waals surface area contributed by atoms with Gasteiger partial charge in [-0.3, -0.25) is 4.98 Å². The van der Waals surface area contributed by atoms with Crippen molar-refractivity contribution in [3.63, 3.8) is 0 Å². The van der Waals surface area contributed by atoms with Gasteiger partial charge in [-0.05, 0) is 37.8 Å². The molecular formula is C12H19ClN2. The van der Waals surface area contributed by atoms with Gasteiger partial charge in [-0.1, -0.05) is 6.07 Å². The fraction of sp³-hybridized carbons (Fsp3) is 0.583. The number of aromatic nitrogens is 1. The molecule has 1 N–H and O–H groups in total. The number of halogens is 1. The summed E-state index contributed by atoms with van der Waals surface area (Å²) in [7, 11) is 0. The molecule has 15 heavy (non-hydrogen) atoms. The number of nitrogens with zero attached hydrogens (tertiary/aromatic N) is 1. The summed E-state index contributed by atoms with van der Waals surface area (Å²) in [6.07, 6.45) is 5.99. The number of nitrogens with one attached hydrogen (secondary N) is 1. The molecule has 0 spiro atoms. The molecule has 2 nitrogen and oxygen atoms in total. The largest absolute Gasteiger partial charge is 0.310 e. The van der Waals surface area contributed by atoms with E-state index in [2.05, 4.69) is 30.2 Å². The quantitative estimate of drug-likeness (QED) is 0.755. The minimum Gasteiger partial charge on any atom is -0.310 e. The van der Waals surface area contributed by atoms with Gasteiger partial charge in [-0.15, -0.1) is 11.6 Å². The second kappa shape index (κ2) is 6.81. The van der Waals surface area contributed by atoms with E-state index in [4.69, 9.17) is 11.6 Å². The molecule has 1 heterocycles. The van der Waals surface area contributed by atoms with Gasteiger partial charge >= 0.3 is 0 Å². The standard InChI is InChI=1S/C12H19ClN2/c1-10-6-12(8-14-7-10)9-15-11(2)4-3-5-13/h6-8,11,15H,3-5,9H2,1-2H3. The Morgan fingerprint density at radius 2 is 2.27 bits per heavy atom. The van der Waals surface area contributed by atoms with Crippen molar-refractivity contribution in [2.24, 2.45) is 0 Å². The first-order valence-corrected chi connectivity index (χ1v) is 5.95. The highest BCUT2D eigenvalue weighted by molar-refractivity contribution is 6.17. The summed E-state index contributed by atoms with van der Waals surface area (Å²) in [6.45, 7) is 5.14. The van der Waals surface area contributed by atoms with Crippen LogP contribution < -0.4 is 5.32 Å². The topological polar surface area (TPSA) is 24.9 Å². The van der Waals surface area contributed by atoms with E-state index in [1.54, 1.807) is 0 Å². The van der Waals surface area contributed by atoms with E-state index in [1.165, 1.54) is 11.1 Å². The van der Waals surface area contributed by atoms with E-state index >= 15 is 0 Å². The molecular weight excluding hydrogens is 208 g/mol. The molecule has 1 aromatic rings. The second-order valence-corrected chi connectivity index (χ2v) is 4.36. The van der Waals surface area contributed by atoms with Gasteiger partial charge < -0.3 is 5.32 Å². The summed E-state index contributed by atoms with van der Waals surface area (Å²) in [6, 6.07) is 2.68. The monoisotopic (exact) mass is 226 g/mol. The normalized spacial score (nSPS) is 12.7. The summed E-state index contributed by atoms with van der Waals surface area (Å²) < 4.78 is 0. The molecule has 84 valence electrons. The van der Waals surface area contributed by atoms with Crippen LogP contribution >= 0.6 is 11.6 Å². The molecule has 1 atom stereocenters. The van der Waals surface area contributed by atoms with Crippen LogP contribution in [-0.2, 0) is 6.54 Å². The van der Waals surface area contributed by atoms with Crippen LogP contribution in [-0.4, -0.2) is 16.9 Å². The summed E-state index contributed by atoms with van der Waals surface area (Å²) >= 11 is 5.65. The highest BCUT2D eigenvalue weighted by Crippen LogP contribution is 2.03. The van der Waals surface area contributed by atoms with Crippen molar-refractivity contribution in [1.82, 2.24) is 10.3 Å². The Morgan fingerprint density at radius 1 is 1.47 bits per heavy atom. The van der Waals surface area contributed by atoms with Crippen LogP contribution in [0.2, 0.25) is 0 Å². The molecule has 0 aliphatic heterocycles. The summed E-state index contributed by atoms with van der Waals surface area (Å²) in [5.41, 5.74) is 2.45. The third-order valence-corrected chi connectivity index (χ3v) is 2.62. The number of hydrogen-bond donors (Lipinski definition) is 1. The number of rotatable bonds is 6. The average Bonchev–Trinajstić information content (AvgIpc) is 2.23. The lowest BCUT2D eigenvalue weighted by Crippen LogP contribution is -2.25. The summed E-state index contributed by atoms with van der Waals surface area (Å²) in [5.74, 6) is 0.748. The van der Waals surface area contributed by atoms with Gasteiger partial charge in [0.05, 0.1) is 0 Å². The number of hydrogen-bond acceptors (Lipinski definition) is 2. The zero-order valence-corrected chi connectivity index (χ0v) is 10.2. The molecule has 1 aromatic heterocycles. The molecule has 3 heteroatoms. The molecule has 0 saturated carbocycles. The number of alkyl halides is 1. The number of aryl methyl sites for hydroxylation is 1. The van der Waals surface area contributed by atoms with Crippen LogP contribution in [0.5, 0.6) is 0 Å². The van der Waals surface area contributed by atoms with Gasteiger partial charge in [0.2, 0.25) is 0 Å². The van der Waals surface area contributed by atoms with Crippen molar-refractivity contribution in [2.75, 3.05) is 5.88 Å². The maximum absolute atomic E-state index is 5.65. The highest BCUT2D eigenvalue weighted by atomic mass is 35.5. The van der Waals surface area contributed by atoms with Crippen molar-refractivity contribution < 1.29 is 0 Å². The summed E-state index contributed by atoms with van der Waals surface area (Å²) in [5, 5.41) is 3.46. The summed E-state index contributed by atoms with van der Waals surface area (Å²) in [4.78, 5) is 4.16. The van der Waals surface area contributed by atoms with Crippen LogP contribution in [0.15, 0.2) is 18.5 Å². The first-order chi connectivity index (χ1) is 7.22. The fourth-order valence-corrected chi connectivity index (χ4v) is 1.65. The van der Waals surface area contributed by atoms with Crippen LogP contribution in [0.1, 0.15) is 30.9 Å². The van der Waals surface area contributed by atoms with Crippen LogP contribution in [0.3, 0.4) is 0 Å². The van der Waals surface area contributed by atoms with Crippen molar-refractivity contribution in [3.05, 3.63) is 29.6 Å². The predicted octanol–water partition coefficient (Wildman–Crippen LogP) is 2.89. The average molecular weight is 227 g/mol. The smallest absolute Gasteiger partial charge is 0.0313 e. The maximum atomic E-state index is 5.65. The third kappa shape index (κ3) is 5.14. The first kappa shape index (κ1) is 12.5. The molecule has 0 fully saturated rings. The lowest BCUT2D eigenvalue weighted by atomic mass is 10.1. The molecule has 0 aliphatic rings. The van der Waals surface area contributed by atoms with Crippen molar-refractivity contribution in [2.45, 2.75) is 39.3 Å². The van der Waals surface area contributed by atoms with E-state index in [9.17, 15) is 0 Å². The Balaban J connectivity index is 2.30. The van der Waals surface area contributed by atoms with E-state index in [-0.39, 0.29) is 0 Å². The lowest BCUT2D eigenvalue weighted by Gasteiger charge is -2.12. The minimum atomic E-state index is 0.518. The highest BCUT2D eigenvalue weighted by Gasteiger charge is 2.01. The van der Waals surface area contributed by atoms with Crippen molar-refractivity contribution in [3.8, 4) is 0 Å². The van der Waals surface area contributed by atoms with Crippen LogP contribution in [0.4, 0.5) is 0 Å². The zero-order valence-electron chi connectivity index (χ0n) is 9.46. The van der Waals surface area contributed by atoms with Crippen LogP contribution in [0.25, 0.3) is 0 Å². The molecule has 0 amide bonds. The van der Waals surface area contributed by atoms with E-state index < -0.39 is 0 Å².